The third-order valence-corrected chi connectivity index (χ3v) is 5.24. The topological polar surface area (TPSA) is 20.2 Å². The lowest BCUT2D eigenvalue weighted by atomic mass is 10.0. The van der Waals surface area contributed by atoms with Crippen molar-refractivity contribution in [1.29, 1.82) is 0 Å². The third-order valence-electron chi connectivity index (χ3n) is 5.24. The summed E-state index contributed by atoms with van der Waals surface area (Å²) in [5, 5.41) is 9.55. The highest BCUT2D eigenvalue weighted by molar-refractivity contribution is 5.34. The van der Waals surface area contributed by atoms with E-state index in [9.17, 15) is 5.11 Å². The lowest BCUT2D eigenvalue weighted by molar-refractivity contribution is 0.470. The maximum absolute atomic E-state index is 9.55. The fourth-order valence-electron chi connectivity index (χ4n) is 3.45. The zero-order valence-electron chi connectivity index (χ0n) is 17.4. The second-order valence-corrected chi connectivity index (χ2v) is 7.81. The van der Waals surface area contributed by atoms with Crippen LogP contribution in [0.3, 0.4) is 0 Å². The molecule has 1 aromatic carbocycles. The molecule has 1 nitrogen and oxygen atoms in total. The largest absolute Gasteiger partial charge is 0.508 e. The molecule has 0 aliphatic rings. The van der Waals surface area contributed by atoms with Gasteiger partial charge in [0, 0.05) is 0 Å². The highest BCUT2D eigenvalue weighted by Gasteiger charge is 1.98. The van der Waals surface area contributed by atoms with Gasteiger partial charge in [0.05, 0.1) is 0 Å². The summed E-state index contributed by atoms with van der Waals surface area (Å²) in [6, 6.07) is 6.00. The van der Waals surface area contributed by atoms with Gasteiger partial charge in [-0.1, -0.05) is 89.0 Å². The molecule has 1 aromatic rings. The minimum atomic E-state index is 0.412. The van der Waals surface area contributed by atoms with Crippen LogP contribution in [0.2, 0.25) is 0 Å². The fourth-order valence-corrected chi connectivity index (χ4v) is 3.45. The van der Waals surface area contributed by atoms with Crippen LogP contribution in [-0.4, -0.2) is 5.11 Å². The number of allylic oxidation sites excluding steroid dienone is 2. The number of aryl methyl sites for hydroxylation is 2. The van der Waals surface area contributed by atoms with E-state index < -0.39 is 0 Å². The van der Waals surface area contributed by atoms with Gasteiger partial charge in [0.2, 0.25) is 0 Å². The zero-order valence-corrected chi connectivity index (χ0v) is 17.4. The number of unbranched alkanes of at least 4 members (excludes halogenated alkanes) is 12. The lowest BCUT2D eigenvalue weighted by Crippen LogP contribution is -1.87. The number of aromatic hydroxyl groups is 1. The monoisotopic (exact) mass is 358 g/mol. The maximum Gasteiger partial charge on any atom is 0.118 e. The van der Waals surface area contributed by atoms with Crippen LogP contribution < -0.4 is 0 Å². The van der Waals surface area contributed by atoms with E-state index >= 15 is 0 Å². The minimum Gasteiger partial charge on any atom is -0.508 e. The molecule has 0 aliphatic carbocycles. The van der Waals surface area contributed by atoms with Crippen LogP contribution in [0.5, 0.6) is 5.75 Å². The van der Waals surface area contributed by atoms with E-state index in [1.54, 1.807) is 0 Å². The van der Waals surface area contributed by atoms with Crippen LogP contribution in [0.25, 0.3) is 0 Å². The first kappa shape index (κ1) is 22.8. The first-order valence-corrected chi connectivity index (χ1v) is 11.2. The Labute approximate surface area is 162 Å². The highest BCUT2D eigenvalue weighted by atomic mass is 16.3. The van der Waals surface area contributed by atoms with E-state index in [0.717, 1.165) is 12.0 Å². The van der Waals surface area contributed by atoms with Crippen LogP contribution in [0.1, 0.15) is 108 Å². The molecule has 1 rings (SSSR count). The Hall–Kier alpha value is -1.24. The molecule has 0 aliphatic heterocycles. The average molecular weight is 359 g/mol. The van der Waals surface area contributed by atoms with E-state index in [1.165, 1.54) is 95.5 Å². The van der Waals surface area contributed by atoms with Gasteiger partial charge in [0.25, 0.3) is 0 Å². The van der Waals surface area contributed by atoms with E-state index in [2.05, 4.69) is 31.2 Å². The van der Waals surface area contributed by atoms with Gasteiger partial charge in [0.1, 0.15) is 5.75 Å². The Morgan fingerprint density at radius 1 is 0.731 bits per heavy atom. The van der Waals surface area contributed by atoms with Crippen LogP contribution >= 0.6 is 0 Å². The Morgan fingerprint density at radius 2 is 1.27 bits per heavy atom. The zero-order chi connectivity index (χ0) is 18.9. The molecular weight excluding hydrogens is 316 g/mol. The molecule has 0 bridgehead atoms. The maximum atomic E-state index is 9.55. The summed E-state index contributed by atoms with van der Waals surface area (Å²) in [6.45, 7) is 4.25. The number of benzene rings is 1. The Bertz CT molecular complexity index is 475. The van der Waals surface area contributed by atoms with Crippen LogP contribution in [-0.2, 0) is 6.42 Å². The summed E-state index contributed by atoms with van der Waals surface area (Å²) in [7, 11) is 0. The summed E-state index contributed by atoms with van der Waals surface area (Å²) in [5.41, 5.74) is 2.35. The van der Waals surface area contributed by atoms with Crippen molar-refractivity contribution < 1.29 is 5.11 Å². The molecule has 0 fully saturated rings. The van der Waals surface area contributed by atoms with E-state index in [4.69, 9.17) is 0 Å². The predicted octanol–water partition coefficient (Wildman–Crippen LogP) is 8.28. The van der Waals surface area contributed by atoms with Crippen molar-refractivity contribution in [2.45, 2.75) is 110 Å². The van der Waals surface area contributed by atoms with E-state index in [-0.39, 0.29) is 0 Å². The third kappa shape index (κ3) is 12.2. The van der Waals surface area contributed by atoms with Crippen molar-refractivity contribution in [2.75, 3.05) is 0 Å². The van der Waals surface area contributed by atoms with Crippen LogP contribution in [0, 0.1) is 6.92 Å². The van der Waals surface area contributed by atoms with Gasteiger partial charge in [0.15, 0.2) is 0 Å². The first-order valence-electron chi connectivity index (χ1n) is 11.2. The average Bonchev–Trinajstić information content (AvgIpc) is 2.64. The summed E-state index contributed by atoms with van der Waals surface area (Å²) in [4.78, 5) is 0. The number of rotatable bonds is 16. The molecule has 0 radical (unpaired) electrons. The van der Waals surface area contributed by atoms with E-state index in [1.807, 2.05) is 13.0 Å². The van der Waals surface area contributed by atoms with Crippen molar-refractivity contribution in [3.8, 4) is 5.75 Å². The minimum absolute atomic E-state index is 0.412. The van der Waals surface area contributed by atoms with Gasteiger partial charge < -0.3 is 5.11 Å². The highest BCUT2D eigenvalue weighted by Crippen LogP contribution is 2.19. The number of hydrogen-bond donors (Lipinski definition) is 1. The molecule has 0 saturated carbocycles. The van der Waals surface area contributed by atoms with Crippen molar-refractivity contribution in [1.82, 2.24) is 0 Å². The molecule has 0 saturated heterocycles. The number of phenols is 1. The SMILES string of the molecule is CCCCCCCCC=CCCCCCCCCc1ccc(O)c(C)c1. The first-order chi connectivity index (χ1) is 12.7. The number of hydrogen-bond acceptors (Lipinski definition) is 1. The smallest absolute Gasteiger partial charge is 0.118 e. The molecule has 0 spiro atoms. The summed E-state index contributed by atoms with van der Waals surface area (Å²) < 4.78 is 0. The van der Waals surface area contributed by atoms with Crippen molar-refractivity contribution in [2.24, 2.45) is 0 Å². The second kappa shape index (κ2) is 16.0. The second-order valence-electron chi connectivity index (χ2n) is 7.81. The van der Waals surface area contributed by atoms with Crippen LogP contribution in [0.15, 0.2) is 30.4 Å². The summed E-state index contributed by atoms with van der Waals surface area (Å²) >= 11 is 0. The molecule has 0 aromatic heterocycles. The van der Waals surface area contributed by atoms with Crippen molar-refractivity contribution >= 4 is 0 Å². The van der Waals surface area contributed by atoms with Gasteiger partial charge >= 0.3 is 0 Å². The summed E-state index contributed by atoms with van der Waals surface area (Å²) in [5.74, 6) is 0.412. The van der Waals surface area contributed by atoms with Crippen LogP contribution in [0.4, 0.5) is 0 Å². The molecule has 1 N–H and O–H groups in total. The Morgan fingerprint density at radius 3 is 1.85 bits per heavy atom. The molecule has 0 heterocycles. The molecule has 26 heavy (non-hydrogen) atoms. The molecule has 1 heteroatoms. The standard InChI is InChI=1S/C25H42O/c1-3-4-5-6-7-8-9-10-11-12-13-14-15-16-17-18-19-24-20-21-25(26)23(2)22-24/h10-11,20-22,26H,3-9,12-19H2,1-2H3. The lowest BCUT2D eigenvalue weighted by Gasteiger charge is -2.05. The van der Waals surface area contributed by atoms with Gasteiger partial charge in [-0.2, -0.15) is 0 Å². The normalized spacial score (nSPS) is 11.5. The van der Waals surface area contributed by atoms with E-state index in [0.29, 0.717) is 5.75 Å². The molecule has 0 atom stereocenters. The quantitative estimate of drug-likeness (QED) is 0.233. The Balaban J connectivity index is 1.84. The number of phenolic OH excluding ortho intramolecular Hbond substituents is 1. The van der Waals surface area contributed by atoms with Gasteiger partial charge in [-0.3, -0.25) is 0 Å². The molecule has 148 valence electrons. The van der Waals surface area contributed by atoms with Gasteiger partial charge in [-0.05, 0) is 62.6 Å². The Kier molecular flexibility index (Phi) is 14.0. The summed E-state index contributed by atoms with van der Waals surface area (Å²) in [6.07, 6.45) is 24.9. The fraction of sp³-hybridized carbons (Fsp3) is 0.680. The van der Waals surface area contributed by atoms with Gasteiger partial charge in [-0.15, -0.1) is 0 Å². The molecule has 0 amide bonds. The molecule has 0 unspecified atom stereocenters. The van der Waals surface area contributed by atoms with Gasteiger partial charge in [-0.25, -0.2) is 0 Å². The predicted molar refractivity (Wildman–Crippen MR) is 116 cm³/mol. The molecular formula is C25H42O. The van der Waals surface area contributed by atoms with Crippen molar-refractivity contribution in [3.05, 3.63) is 41.5 Å². The van der Waals surface area contributed by atoms with Crippen molar-refractivity contribution in [3.63, 3.8) is 0 Å².